The number of hydrogen-bond acceptors (Lipinski definition) is 2. The highest BCUT2D eigenvalue weighted by Crippen LogP contribution is 2.28. The lowest BCUT2D eigenvalue weighted by Crippen LogP contribution is -2.47. The molecule has 1 rings (SSSR count). The zero-order valence-electron chi connectivity index (χ0n) is 8.96. The van der Waals surface area contributed by atoms with Crippen molar-refractivity contribution in [3.8, 4) is 0 Å². The Hall–Kier alpha value is -0.570. The normalized spacial score (nSPS) is 23.2. The van der Waals surface area contributed by atoms with Gasteiger partial charge in [-0.3, -0.25) is 4.79 Å². The van der Waals surface area contributed by atoms with E-state index in [0.29, 0.717) is 0 Å². The highest BCUT2D eigenvalue weighted by atomic mass is 16.5. The van der Waals surface area contributed by atoms with Gasteiger partial charge in [0.2, 0.25) is 0 Å². The van der Waals surface area contributed by atoms with Crippen molar-refractivity contribution in [2.75, 3.05) is 13.7 Å². The monoisotopic (exact) mass is 185 g/mol. The molecule has 3 nitrogen and oxygen atoms in total. The Kier molecular flexibility index (Phi) is 2.96. The zero-order chi connectivity index (χ0) is 10.1. The standard InChI is InChI=1S/C10H19NO2/c1-8(13-4)9(12)11-7-5-6-10(11,2)3/h8H,5-7H2,1-4H3. The molecule has 0 aromatic heterocycles. The van der Waals surface area contributed by atoms with Crippen LogP contribution in [-0.2, 0) is 9.53 Å². The van der Waals surface area contributed by atoms with E-state index in [4.69, 9.17) is 4.74 Å². The molecule has 1 aliphatic heterocycles. The van der Waals surface area contributed by atoms with Gasteiger partial charge in [0, 0.05) is 19.2 Å². The van der Waals surface area contributed by atoms with Crippen molar-refractivity contribution in [2.24, 2.45) is 0 Å². The van der Waals surface area contributed by atoms with Crippen LogP contribution in [0.15, 0.2) is 0 Å². The van der Waals surface area contributed by atoms with Gasteiger partial charge in [0.1, 0.15) is 6.10 Å². The summed E-state index contributed by atoms with van der Waals surface area (Å²) in [5, 5.41) is 0. The van der Waals surface area contributed by atoms with Crippen LogP contribution in [0.2, 0.25) is 0 Å². The molecule has 0 N–H and O–H groups in total. The lowest BCUT2D eigenvalue weighted by Gasteiger charge is -2.33. The molecule has 1 saturated heterocycles. The molecule has 0 aromatic carbocycles. The number of amides is 1. The van der Waals surface area contributed by atoms with E-state index in [1.54, 1.807) is 14.0 Å². The molecule has 0 radical (unpaired) electrons. The maximum Gasteiger partial charge on any atom is 0.251 e. The number of nitrogens with zero attached hydrogens (tertiary/aromatic N) is 1. The molecule has 1 heterocycles. The first-order valence-corrected chi connectivity index (χ1v) is 4.83. The van der Waals surface area contributed by atoms with E-state index in [1.807, 2.05) is 4.90 Å². The summed E-state index contributed by atoms with van der Waals surface area (Å²) >= 11 is 0. The fraction of sp³-hybridized carbons (Fsp3) is 0.900. The summed E-state index contributed by atoms with van der Waals surface area (Å²) in [5.41, 5.74) is 0.0177. The van der Waals surface area contributed by atoms with E-state index in [2.05, 4.69) is 13.8 Å². The van der Waals surface area contributed by atoms with Crippen molar-refractivity contribution < 1.29 is 9.53 Å². The number of ether oxygens (including phenoxy) is 1. The molecule has 13 heavy (non-hydrogen) atoms. The van der Waals surface area contributed by atoms with Crippen LogP contribution < -0.4 is 0 Å². The first-order chi connectivity index (χ1) is 5.99. The van der Waals surface area contributed by atoms with Gasteiger partial charge >= 0.3 is 0 Å². The molecule has 1 atom stereocenters. The third-order valence-corrected chi connectivity index (χ3v) is 2.87. The molecular weight excluding hydrogens is 166 g/mol. The van der Waals surface area contributed by atoms with Crippen LogP contribution in [-0.4, -0.2) is 36.1 Å². The number of hydrogen-bond donors (Lipinski definition) is 0. The highest BCUT2D eigenvalue weighted by Gasteiger charge is 2.36. The summed E-state index contributed by atoms with van der Waals surface area (Å²) in [6.45, 7) is 6.90. The quantitative estimate of drug-likeness (QED) is 0.651. The Morgan fingerprint density at radius 1 is 1.54 bits per heavy atom. The average Bonchev–Trinajstić information content (AvgIpc) is 2.42. The van der Waals surface area contributed by atoms with Crippen molar-refractivity contribution >= 4 is 5.91 Å². The van der Waals surface area contributed by atoms with Crippen LogP contribution in [0.1, 0.15) is 33.6 Å². The second-order valence-corrected chi connectivity index (χ2v) is 4.28. The third kappa shape index (κ3) is 2.02. The van der Waals surface area contributed by atoms with Gasteiger partial charge in [-0.15, -0.1) is 0 Å². The molecule has 76 valence electrons. The van der Waals surface area contributed by atoms with Crippen molar-refractivity contribution in [2.45, 2.75) is 45.3 Å². The summed E-state index contributed by atoms with van der Waals surface area (Å²) in [6.07, 6.45) is 1.89. The summed E-state index contributed by atoms with van der Waals surface area (Å²) in [5.74, 6) is 0.116. The van der Waals surface area contributed by atoms with Crippen LogP contribution in [0, 0.1) is 0 Å². The lowest BCUT2D eigenvalue weighted by molar-refractivity contribution is -0.144. The van der Waals surface area contributed by atoms with Gasteiger partial charge in [0.15, 0.2) is 0 Å². The van der Waals surface area contributed by atoms with E-state index in [9.17, 15) is 4.79 Å². The van der Waals surface area contributed by atoms with Crippen molar-refractivity contribution in [3.63, 3.8) is 0 Å². The summed E-state index contributed by atoms with van der Waals surface area (Å²) in [4.78, 5) is 13.7. The Balaban J connectivity index is 2.66. The molecule has 1 amide bonds. The first kappa shape index (κ1) is 10.5. The molecular formula is C10H19NO2. The Labute approximate surface area is 80.1 Å². The molecule has 3 heteroatoms. The Morgan fingerprint density at radius 3 is 2.54 bits per heavy atom. The van der Waals surface area contributed by atoms with Gasteiger partial charge < -0.3 is 9.64 Å². The van der Waals surface area contributed by atoms with Gasteiger partial charge in [-0.05, 0) is 33.6 Å². The number of carbonyl (C=O) groups excluding carboxylic acids is 1. The fourth-order valence-corrected chi connectivity index (χ4v) is 1.84. The predicted octanol–water partition coefficient (Wildman–Crippen LogP) is 1.42. The number of likely N-dealkylation sites (tertiary alicyclic amines) is 1. The van der Waals surface area contributed by atoms with Crippen LogP contribution in [0.5, 0.6) is 0 Å². The minimum atomic E-state index is -0.308. The Morgan fingerprint density at radius 2 is 2.15 bits per heavy atom. The fourth-order valence-electron chi connectivity index (χ4n) is 1.84. The minimum absolute atomic E-state index is 0.0177. The molecule has 1 fully saturated rings. The van der Waals surface area contributed by atoms with E-state index in [-0.39, 0.29) is 17.6 Å². The number of carbonyl (C=O) groups is 1. The van der Waals surface area contributed by atoms with Gasteiger partial charge in [0.25, 0.3) is 5.91 Å². The van der Waals surface area contributed by atoms with Crippen molar-refractivity contribution in [3.05, 3.63) is 0 Å². The maximum atomic E-state index is 11.8. The first-order valence-electron chi connectivity index (χ1n) is 4.83. The number of rotatable bonds is 2. The number of methoxy groups -OCH3 is 1. The topological polar surface area (TPSA) is 29.5 Å². The Bertz CT molecular complexity index is 201. The summed E-state index contributed by atoms with van der Waals surface area (Å²) < 4.78 is 5.03. The maximum absolute atomic E-state index is 11.8. The average molecular weight is 185 g/mol. The van der Waals surface area contributed by atoms with Gasteiger partial charge in [-0.1, -0.05) is 0 Å². The SMILES string of the molecule is COC(C)C(=O)N1CCCC1(C)C. The van der Waals surface area contributed by atoms with Gasteiger partial charge in [-0.2, -0.15) is 0 Å². The molecule has 0 aromatic rings. The summed E-state index contributed by atoms with van der Waals surface area (Å²) in [7, 11) is 1.58. The molecule has 1 unspecified atom stereocenters. The van der Waals surface area contributed by atoms with E-state index < -0.39 is 0 Å². The van der Waals surface area contributed by atoms with Crippen molar-refractivity contribution in [1.82, 2.24) is 4.90 Å². The highest BCUT2D eigenvalue weighted by molar-refractivity contribution is 5.81. The van der Waals surface area contributed by atoms with Crippen LogP contribution >= 0.6 is 0 Å². The second kappa shape index (κ2) is 3.66. The molecule has 0 aliphatic carbocycles. The minimum Gasteiger partial charge on any atom is -0.372 e. The second-order valence-electron chi connectivity index (χ2n) is 4.28. The van der Waals surface area contributed by atoms with Crippen molar-refractivity contribution in [1.29, 1.82) is 0 Å². The molecule has 0 bridgehead atoms. The summed E-state index contributed by atoms with van der Waals surface area (Å²) in [6, 6.07) is 0. The van der Waals surface area contributed by atoms with Crippen LogP contribution in [0.25, 0.3) is 0 Å². The van der Waals surface area contributed by atoms with Gasteiger partial charge in [-0.25, -0.2) is 0 Å². The smallest absolute Gasteiger partial charge is 0.251 e. The lowest BCUT2D eigenvalue weighted by atomic mass is 10.0. The third-order valence-electron chi connectivity index (χ3n) is 2.87. The van der Waals surface area contributed by atoms with E-state index in [1.165, 1.54) is 0 Å². The molecule has 1 aliphatic rings. The predicted molar refractivity (Wildman–Crippen MR) is 51.5 cm³/mol. The van der Waals surface area contributed by atoms with E-state index >= 15 is 0 Å². The largest absolute Gasteiger partial charge is 0.372 e. The molecule has 0 spiro atoms. The van der Waals surface area contributed by atoms with E-state index in [0.717, 1.165) is 19.4 Å². The van der Waals surface area contributed by atoms with Crippen LogP contribution in [0.3, 0.4) is 0 Å². The van der Waals surface area contributed by atoms with Crippen LogP contribution in [0.4, 0.5) is 0 Å². The van der Waals surface area contributed by atoms with Gasteiger partial charge in [0.05, 0.1) is 0 Å². The molecule has 0 saturated carbocycles. The zero-order valence-corrected chi connectivity index (χ0v) is 8.96.